The normalized spacial score (nSPS) is 10.2. The fourth-order valence-corrected chi connectivity index (χ4v) is 1.99. The van der Waals surface area contributed by atoms with E-state index in [1.165, 1.54) is 31.4 Å². The third kappa shape index (κ3) is 3.60. The molecule has 0 aliphatic rings. The van der Waals surface area contributed by atoms with E-state index >= 15 is 0 Å². The summed E-state index contributed by atoms with van der Waals surface area (Å²) in [6.07, 6.45) is 0. The highest BCUT2D eigenvalue weighted by molar-refractivity contribution is 5.89. The minimum Gasteiger partial charge on any atom is -0.465 e. The van der Waals surface area contributed by atoms with Crippen LogP contribution in [0.1, 0.15) is 15.9 Å². The van der Waals surface area contributed by atoms with Crippen LogP contribution in [0.25, 0.3) is 0 Å². The Labute approximate surface area is 129 Å². The molecule has 2 rings (SSSR count). The van der Waals surface area contributed by atoms with Gasteiger partial charge in [-0.1, -0.05) is 6.07 Å². The molecule has 120 valence electrons. The zero-order valence-electron chi connectivity index (χ0n) is 12.0. The summed E-state index contributed by atoms with van der Waals surface area (Å²) >= 11 is 0. The van der Waals surface area contributed by atoms with Gasteiger partial charge in [0.15, 0.2) is 0 Å². The topological polar surface area (TPSA) is 81.5 Å². The summed E-state index contributed by atoms with van der Waals surface area (Å²) < 4.78 is 31.8. The molecule has 2 aromatic rings. The van der Waals surface area contributed by atoms with Crippen molar-refractivity contribution in [1.29, 1.82) is 0 Å². The van der Waals surface area contributed by atoms with Crippen molar-refractivity contribution in [2.45, 2.75) is 6.54 Å². The lowest BCUT2D eigenvalue weighted by molar-refractivity contribution is -0.386. The molecule has 0 fully saturated rings. The van der Waals surface area contributed by atoms with Gasteiger partial charge in [0.25, 0.3) is 0 Å². The first-order valence-electron chi connectivity index (χ1n) is 6.47. The first kappa shape index (κ1) is 16.3. The molecule has 1 N–H and O–H groups in total. The molecule has 0 bridgehead atoms. The maximum absolute atomic E-state index is 13.8. The first-order valence-corrected chi connectivity index (χ1v) is 6.47. The highest BCUT2D eigenvalue weighted by Crippen LogP contribution is 2.27. The van der Waals surface area contributed by atoms with E-state index in [9.17, 15) is 23.7 Å². The van der Waals surface area contributed by atoms with E-state index in [1.807, 2.05) is 0 Å². The van der Waals surface area contributed by atoms with Crippen LogP contribution in [0.2, 0.25) is 0 Å². The van der Waals surface area contributed by atoms with Crippen LogP contribution < -0.4 is 5.32 Å². The van der Waals surface area contributed by atoms with E-state index in [1.54, 1.807) is 0 Å². The molecular weight excluding hydrogens is 310 g/mol. The monoisotopic (exact) mass is 322 g/mol. The fraction of sp³-hybridized carbons (Fsp3) is 0.133. The van der Waals surface area contributed by atoms with E-state index < -0.39 is 28.2 Å². The summed E-state index contributed by atoms with van der Waals surface area (Å²) in [6, 6.07) is 7.18. The number of benzene rings is 2. The standard InChI is InChI=1S/C15H12F2N2O4/c1-23-15(20)9-5-6-11(16)10(7-9)8-18-13-4-2-3-12(17)14(13)19(21)22/h2-7,18H,8H2,1H3. The van der Waals surface area contributed by atoms with Gasteiger partial charge in [-0.05, 0) is 30.3 Å². The molecule has 0 unspecified atom stereocenters. The number of carbonyl (C=O) groups is 1. The average Bonchev–Trinajstić information content (AvgIpc) is 2.53. The number of methoxy groups -OCH3 is 1. The summed E-state index contributed by atoms with van der Waals surface area (Å²) in [4.78, 5) is 21.5. The van der Waals surface area contributed by atoms with Gasteiger partial charge in [0.2, 0.25) is 5.82 Å². The van der Waals surface area contributed by atoms with Crippen LogP contribution >= 0.6 is 0 Å². The highest BCUT2D eigenvalue weighted by atomic mass is 19.1. The number of ether oxygens (including phenoxy) is 1. The predicted molar refractivity (Wildman–Crippen MR) is 78.1 cm³/mol. The van der Waals surface area contributed by atoms with Gasteiger partial charge in [-0.25, -0.2) is 9.18 Å². The maximum atomic E-state index is 13.8. The molecule has 6 nitrogen and oxygen atoms in total. The molecule has 0 saturated carbocycles. The molecule has 0 aromatic heterocycles. The van der Waals surface area contributed by atoms with Crippen molar-refractivity contribution in [2.75, 3.05) is 12.4 Å². The van der Waals surface area contributed by atoms with E-state index in [0.717, 1.165) is 12.1 Å². The number of nitrogens with zero attached hydrogens (tertiary/aromatic N) is 1. The lowest BCUT2D eigenvalue weighted by Crippen LogP contribution is -2.08. The number of carbonyl (C=O) groups excluding carboxylic acids is 1. The van der Waals surface area contributed by atoms with Crippen LogP contribution in [0.4, 0.5) is 20.2 Å². The van der Waals surface area contributed by atoms with Gasteiger partial charge < -0.3 is 10.1 Å². The Kier molecular flexibility index (Phi) is 4.85. The first-order chi connectivity index (χ1) is 10.9. The Balaban J connectivity index is 2.27. The molecule has 0 aliphatic carbocycles. The number of nitro benzene ring substituents is 1. The summed E-state index contributed by atoms with van der Waals surface area (Å²) in [7, 11) is 1.19. The van der Waals surface area contributed by atoms with Crippen molar-refractivity contribution < 1.29 is 23.2 Å². The highest BCUT2D eigenvalue weighted by Gasteiger charge is 2.20. The third-order valence-corrected chi connectivity index (χ3v) is 3.11. The van der Waals surface area contributed by atoms with E-state index in [4.69, 9.17) is 0 Å². The quantitative estimate of drug-likeness (QED) is 0.519. The number of hydrogen-bond acceptors (Lipinski definition) is 5. The van der Waals surface area contributed by atoms with Gasteiger partial charge in [0, 0.05) is 12.1 Å². The van der Waals surface area contributed by atoms with Gasteiger partial charge in [-0.2, -0.15) is 4.39 Å². The summed E-state index contributed by atoms with van der Waals surface area (Å²) in [5.41, 5.74) is -0.583. The van der Waals surface area contributed by atoms with Crippen LogP contribution in [0, 0.1) is 21.7 Å². The Bertz CT molecular complexity index is 765. The Hall–Kier alpha value is -3.03. The van der Waals surface area contributed by atoms with Gasteiger partial charge in [0.05, 0.1) is 17.6 Å². The Morgan fingerprint density at radius 3 is 2.65 bits per heavy atom. The largest absolute Gasteiger partial charge is 0.465 e. The number of nitrogens with one attached hydrogen (secondary N) is 1. The second kappa shape index (κ2) is 6.82. The number of esters is 1. The summed E-state index contributed by atoms with van der Waals surface area (Å²) in [5.74, 6) is -2.24. The number of nitro groups is 1. The lowest BCUT2D eigenvalue weighted by Gasteiger charge is -2.09. The molecule has 23 heavy (non-hydrogen) atoms. The van der Waals surface area contributed by atoms with Crippen LogP contribution in [0.5, 0.6) is 0 Å². The minimum absolute atomic E-state index is 0.0853. The predicted octanol–water partition coefficient (Wildman–Crippen LogP) is 3.27. The van der Waals surface area contributed by atoms with Gasteiger partial charge in [0.1, 0.15) is 11.5 Å². The molecule has 0 aliphatic heterocycles. The summed E-state index contributed by atoms with van der Waals surface area (Å²) in [6.45, 7) is -0.166. The molecule has 0 amide bonds. The number of para-hydroxylation sites is 1. The Morgan fingerprint density at radius 2 is 2.00 bits per heavy atom. The lowest BCUT2D eigenvalue weighted by atomic mass is 10.1. The number of rotatable bonds is 5. The SMILES string of the molecule is COC(=O)c1ccc(F)c(CNc2cccc(F)c2[N+](=O)[O-])c1. The van der Waals surface area contributed by atoms with Crippen LogP contribution in [-0.2, 0) is 11.3 Å². The smallest absolute Gasteiger partial charge is 0.337 e. The molecule has 0 atom stereocenters. The van der Waals surface area contributed by atoms with Crippen molar-refractivity contribution in [1.82, 2.24) is 0 Å². The van der Waals surface area contributed by atoms with Crippen LogP contribution in [0.15, 0.2) is 36.4 Å². The molecule has 0 saturated heterocycles. The molecular formula is C15H12F2N2O4. The van der Waals surface area contributed by atoms with Crippen LogP contribution in [-0.4, -0.2) is 18.0 Å². The van der Waals surface area contributed by atoms with E-state index in [2.05, 4.69) is 10.1 Å². The third-order valence-electron chi connectivity index (χ3n) is 3.11. The zero-order valence-corrected chi connectivity index (χ0v) is 12.0. The molecule has 0 spiro atoms. The second-order valence-electron chi connectivity index (χ2n) is 4.54. The van der Waals surface area contributed by atoms with Crippen molar-refractivity contribution in [3.63, 3.8) is 0 Å². The molecule has 0 radical (unpaired) electrons. The van der Waals surface area contributed by atoms with E-state index in [-0.39, 0.29) is 23.4 Å². The van der Waals surface area contributed by atoms with Crippen LogP contribution in [0.3, 0.4) is 0 Å². The zero-order chi connectivity index (χ0) is 17.0. The van der Waals surface area contributed by atoms with Crippen molar-refractivity contribution in [3.05, 3.63) is 69.3 Å². The molecule has 0 heterocycles. The molecule has 2 aromatic carbocycles. The number of halogens is 2. The maximum Gasteiger partial charge on any atom is 0.337 e. The average molecular weight is 322 g/mol. The van der Waals surface area contributed by atoms with Crippen molar-refractivity contribution in [2.24, 2.45) is 0 Å². The van der Waals surface area contributed by atoms with Gasteiger partial charge in [-0.15, -0.1) is 0 Å². The van der Waals surface area contributed by atoms with E-state index in [0.29, 0.717) is 0 Å². The molecule has 8 heteroatoms. The minimum atomic E-state index is -0.996. The fourth-order valence-electron chi connectivity index (χ4n) is 1.99. The van der Waals surface area contributed by atoms with Gasteiger partial charge in [-0.3, -0.25) is 10.1 Å². The second-order valence-corrected chi connectivity index (χ2v) is 4.54. The number of anilines is 1. The van der Waals surface area contributed by atoms with Crippen molar-refractivity contribution >= 4 is 17.3 Å². The van der Waals surface area contributed by atoms with Crippen molar-refractivity contribution in [3.8, 4) is 0 Å². The van der Waals surface area contributed by atoms with Gasteiger partial charge >= 0.3 is 11.7 Å². The number of hydrogen-bond donors (Lipinski definition) is 1. The Morgan fingerprint density at radius 1 is 1.26 bits per heavy atom. The summed E-state index contributed by atoms with van der Waals surface area (Å²) in [5, 5.41) is 13.5.